The average molecular weight is 387 g/mol. The summed E-state index contributed by atoms with van der Waals surface area (Å²) >= 11 is 6.01. The maximum Gasteiger partial charge on any atom is 0.303 e. The zero-order valence-corrected chi connectivity index (χ0v) is 15.6. The first-order valence-electron chi connectivity index (χ1n) is 8.59. The Bertz CT molecular complexity index is 631. The van der Waals surface area contributed by atoms with Crippen molar-refractivity contribution in [3.05, 3.63) is 28.8 Å². The van der Waals surface area contributed by atoms with Gasteiger partial charge in [-0.25, -0.2) is 0 Å². The molecule has 2 N–H and O–H groups in total. The number of hydrogen-bond acceptors (Lipinski definition) is 3. The average Bonchev–Trinajstić information content (AvgIpc) is 2.87. The summed E-state index contributed by atoms with van der Waals surface area (Å²) in [5, 5.41) is 12.3. The number of benzene rings is 1. The Kier molecular flexibility index (Phi) is 7.11. The number of carbonyl (C=O) groups excluding carboxylic acids is 1. The summed E-state index contributed by atoms with van der Waals surface area (Å²) in [6.45, 7) is 2.90. The molecule has 1 unspecified atom stereocenters. The highest BCUT2D eigenvalue weighted by Crippen LogP contribution is 2.42. The van der Waals surface area contributed by atoms with Crippen LogP contribution in [0.15, 0.2) is 18.2 Å². The van der Waals surface area contributed by atoms with Crippen LogP contribution in [0.3, 0.4) is 0 Å². The van der Waals surface area contributed by atoms with Gasteiger partial charge in [0.25, 0.3) is 0 Å². The lowest BCUT2D eigenvalue weighted by Crippen LogP contribution is -2.37. The molecule has 0 bridgehead atoms. The lowest BCUT2D eigenvalue weighted by atomic mass is 9.81. The summed E-state index contributed by atoms with van der Waals surface area (Å²) in [4.78, 5) is 25.3. The smallest absolute Gasteiger partial charge is 0.303 e. The molecule has 1 aromatic carbocycles. The maximum atomic E-state index is 12.4. The van der Waals surface area contributed by atoms with Crippen LogP contribution in [0.25, 0.3) is 0 Å². The normalized spacial score (nSPS) is 20.7. The number of unbranched alkanes of at least 4 members (excludes halogenated alkanes) is 1. The number of rotatable bonds is 6. The molecule has 1 aromatic rings. The van der Waals surface area contributed by atoms with Gasteiger partial charge in [-0.05, 0) is 68.9 Å². The minimum absolute atomic E-state index is 0. The van der Waals surface area contributed by atoms with Gasteiger partial charge in [0, 0.05) is 17.1 Å². The van der Waals surface area contributed by atoms with Gasteiger partial charge >= 0.3 is 5.97 Å². The van der Waals surface area contributed by atoms with Gasteiger partial charge in [-0.15, -0.1) is 12.4 Å². The number of fused-ring (bicyclic) bond motifs is 1. The van der Waals surface area contributed by atoms with E-state index >= 15 is 0 Å². The standard InChI is InChI=1S/C18H23ClN2O3.ClH/c19-13-4-5-14-15(11-13)20-18(24)17(14)12-6-9-21(10-7-12)8-2-1-3-16(22)23;/h4-5,11-12,17H,1-3,6-10H2,(H,20,24)(H,22,23);1H. The molecule has 0 aromatic heterocycles. The van der Waals surface area contributed by atoms with Crippen molar-refractivity contribution >= 4 is 41.6 Å². The van der Waals surface area contributed by atoms with Crippen molar-refractivity contribution in [2.45, 2.75) is 38.0 Å². The van der Waals surface area contributed by atoms with Crippen molar-refractivity contribution in [2.24, 2.45) is 5.92 Å². The van der Waals surface area contributed by atoms with Gasteiger partial charge in [0.1, 0.15) is 0 Å². The highest BCUT2D eigenvalue weighted by atomic mass is 35.5. The lowest BCUT2D eigenvalue weighted by molar-refractivity contribution is -0.137. The molecule has 2 heterocycles. The van der Waals surface area contributed by atoms with E-state index in [-0.39, 0.29) is 30.7 Å². The van der Waals surface area contributed by atoms with Gasteiger partial charge in [-0.3, -0.25) is 9.59 Å². The number of carboxylic acid groups (broad SMARTS) is 1. The second-order valence-corrected chi connectivity index (χ2v) is 7.16. The fraction of sp³-hybridized carbons (Fsp3) is 0.556. The summed E-state index contributed by atoms with van der Waals surface area (Å²) in [7, 11) is 0. The van der Waals surface area contributed by atoms with E-state index in [9.17, 15) is 9.59 Å². The number of carbonyl (C=O) groups is 2. The molecule has 1 amide bonds. The molecule has 1 saturated heterocycles. The predicted octanol–water partition coefficient (Wildman–Crippen LogP) is 3.76. The van der Waals surface area contributed by atoms with E-state index in [0.717, 1.165) is 56.6 Å². The first-order chi connectivity index (χ1) is 11.5. The largest absolute Gasteiger partial charge is 0.481 e. The molecule has 3 rings (SSSR count). The van der Waals surface area contributed by atoms with Crippen LogP contribution in [0.1, 0.15) is 43.6 Å². The Hall–Kier alpha value is -1.30. The predicted molar refractivity (Wildman–Crippen MR) is 101 cm³/mol. The van der Waals surface area contributed by atoms with Crippen molar-refractivity contribution in [1.29, 1.82) is 0 Å². The number of likely N-dealkylation sites (tertiary alicyclic amines) is 1. The van der Waals surface area contributed by atoms with Crippen LogP contribution < -0.4 is 5.32 Å². The number of piperidine rings is 1. The van der Waals surface area contributed by atoms with E-state index in [0.29, 0.717) is 10.9 Å². The topological polar surface area (TPSA) is 69.6 Å². The third-order valence-electron chi connectivity index (χ3n) is 5.11. The van der Waals surface area contributed by atoms with Crippen molar-refractivity contribution in [2.75, 3.05) is 25.0 Å². The van der Waals surface area contributed by atoms with Crippen LogP contribution in [-0.4, -0.2) is 41.5 Å². The molecule has 0 radical (unpaired) electrons. The van der Waals surface area contributed by atoms with Gasteiger partial charge in [-0.1, -0.05) is 17.7 Å². The van der Waals surface area contributed by atoms with Crippen LogP contribution in [0.2, 0.25) is 5.02 Å². The maximum absolute atomic E-state index is 12.4. The molecule has 1 fully saturated rings. The van der Waals surface area contributed by atoms with Crippen molar-refractivity contribution in [3.8, 4) is 0 Å². The molecule has 0 aliphatic carbocycles. The summed E-state index contributed by atoms with van der Waals surface area (Å²) < 4.78 is 0. The van der Waals surface area contributed by atoms with E-state index in [1.54, 1.807) is 0 Å². The van der Waals surface area contributed by atoms with E-state index in [1.165, 1.54) is 0 Å². The van der Waals surface area contributed by atoms with Gasteiger partial charge in [0.05, 0.1) is 5.92 Å². The van der Waals surface area contributed by atoms with Crippen LogP contribution in [0, 0.1) is 5.92 Å². The zero-order chi connectivity index (χ0) is 17.1. The molecule has 7 heteroatoms. The van der Waals surface area contributed by atoms with E-state index < -0.39 is 5.97 Å². The van der Waals surface area contributed by atoms with Crippen LogP contribution >= 0.6 is 24.0 Å². The molecule has 138 valence electrons. The summed E-state index contributed by atoms with van der Waals surface area (Å²) in [6, 6.07) is 5.65. The summed E-state index contributed by atoms with van der Waals surface area (Å²) in [5.74, 6) is -0.332. The minimum atomic E-state index is -0.722. The molecule has 25 heavy (non-hydrogen) atoms. The number of anilines is 1. The zero-order valence-electron chi connectivity index (χ0n) is 14.0. The number of hydrogen-bond donors (Lipinski definition) is 2. The van der Waals surface area contributed by atoms with Gasteiger partial charge in [0.2, 0.25) is 5.91 Å². The third-order valence-corrected chi connectivity index (χ3v) is 5.34. The molecule has 1 atom stereocenters. The number of nitrogens with one attached hydrogen (secondary N) is 1. The van der Waals surface area contributed by atoms with Crippen molar-refractivity contribution in [3.63, 3.8) is 0 Å². The Morgan fingerprint density at radius 3 is 2.68 bits per heavy atom. The van der Waals surface area contributed by atoms with Crippen LogP contribution in [0.4, 0.5) is 5.69 Å². The summed E-state index contributed by atoms with van der Waals surface area (Å²) in [6.07, 6.45) is 3.90. The quantitative estimate of drug-likeness (QED) is 0.730. The molecule has 5 nitrogen and oxygen atoms in total. The van der Waals surface area contributed by atoms with E-state index in [4.69, 9.17) is 16.7 Å². The van der Waals surface area contributed by atoms with E-state index in [2.05, 4.69) is 10.2 Å². The fourth-order valence-corrected chi connectivity index (χ4v) is 4.02. The first-order valence-corrected chi connectivity index (χ1v) is 8.97. The second kappa shape index (κ2) is 8.88. The molecule has 2 aliphatic rings. The molecule has 0 saturated carbocycles. The number of nitrogens with zero attached hydrogens (tertiary/aromatic N) is 1. The first kappa shape index (κ1) is 20.0. The van der Waals surface area contributed by atoms with Crippen LogP contribution in [-0.2, 0) is 9.59 Å². The second-order valence-electron chi connectivity index (χ2n) is 6.73. The van der Waals surface area contributed by atoms with Gasteiger partial charge in [-0.2, -0.15) is 0 Å². The Morgan fingerprint density at radius 2 is 2.00 bits per heavy atom. The highest BCUT2D eigenvalue weighted by molar-refractivity contribution is 6.31. The number of amides is 1. The molecule has 2 aliphatic heterocycles. The van der Waals surface area contributed by atoms with Gasteiger partial charge in [0.15, 0.2) is 0 Å². The number of halogens is 2. The van der Waals surface area contributed by atoms with Gasteiger partial charge < -0.3 is 15.3 Å². The molecular formula is C18H24Cl2N2O3. The minimum Gasteiger partial charge on any atom is -0.481 e. The van der Waals surface area contributed by atoms with E-state index in [1.807, 2.05) is 18.2 Å². The monoisotopic (exact) mass is 386 g/mol. The molecule has 0 spiro atoms. The fourth-order valence-electron chi connectivity index (χ4n) is 3.85. The van der Waals surface area contributed by atoms with Crippen molar-refractivity contribution < 1.29 is 14.7 Å². The SMILES string of the molecule is Cl.O=C(O)CCCCN1CCC(C2C(=O)Nc3cc(Cl)ccc32)CC1. The highest BCUT2D eigenvalue weighted by Gasteiger charge is 2.38. The third kappa shape index (κ3) is 4.87. The Balaban J connectivity index is 0.00000225. The Morgan fingerprint density at radius 1 is 1.28 bits per heavy atom. The lowest BCUT2D eigenvalue weighted by Gasteiger charge is -2.34. The molecular weight excluding hydrogens is 363 g/mol. The van der Waals surface area contributed by atoms with Crippen LogP contribution in [0.5, 0.6) is 0 Å². The number of carboxylic acids is 1. The Labute approximate surface area is 159 Å². The summed E-state index contributed by atoms with van der Waals surface area (Å²) in [5.41, 5.74) is 1.93. The number of aliphatic carboxylic acids is 1. The van der Waals surface area contributed by atoms with Crippen molar-refractivity contribution in [1.82, 2.24) is 4.90 Å².